The first kappa shape index (κ1) is 9.95. The van der Waals surface area contributed by atoms with Gasteiger partial charge < -0.3 is 0 Å². The number of halogens is 3. The summed E-state index contributed by atoms with van der Waals surface area (Å²) in [7, 11) is 0. The Kier molecular flexibility index (Phi) is 2.13. The first-order chi connectivity index (χ1) is 7.02. The van der Waals surface area contributed by atoms with Gasteiger partial charge in [-0.05, 0) is 12.5 Å². The summed E-state index contributed by atoms with van der Waals surface area (Å²) in [6.45, 7) is 1.64. The number of aryl methyl sites for hydroxylation is 1. The lowest BCUT2D eigenvalue weighted by molar-refractivity contribution is -0.138. The number of fused-ring (bicyclic) bond motifs is 1. The Balaban J connectivity index is 2.70. The molecule has 0 bridgehead atoms. The summed E-state index contributed by atoms with van der Waals surface area (Å²) in [5, 5.41) is 6.56. The maximum Gasteiger partial charge on any atom is 0.418 e. The molecule has 0 amide bonds. The second kappa shape index (κ2) is 3.22. The topological polar surface area (TPSA) is 41.6 Å². The van der Waals surface area contributed by atoms with Crippen molar-refractivity contribution in [2.24, 2.45) is 0 Å². The minimum absolute atomic E-state index is 0.0410. The second-order valence-corrected chi connectivity index (χ2v) is 3.14. The highest BCUT2D eigenvalue weighted by atomic mass is 19.4. The molecule has 0 aromatic carbocycles. The summed E-state index contributed by atoms with van der Waals surface area (Å²) in [5.41, 5.74) is -0.252. The third-order valence-electron chi connectivity index (χ3n) is 2.15. The molecule has 0 spiro atoms. The van der Waals surface area contributed by atoms with E-state index in [0.29, 0.717) is 11.0 Å². The standard InChI is InChI=1S/C9H8F3N3/c1-2-7-6(9(10,11)12)3-5-4-13-15-8(5)14-7/h3-4H,2H2,1H3,(H,13,14,15). The van der Waals surface area contributed by atoms with Gasteiger partial charge in [0.2, 0.25) is 0 Å². The Bertz CT molecular complexity index is 487. The van der Waals surface area contributed by atoms with Crippen molar-refractivity contribution in [3.8, 4) is 0 Å². The number of nitrogens with one attached hydrogen (secondary N) is 1. The number of aromatic nitrogens is 3. The molecule has 0 aliphatic heterocycles. The lowest BCUT2D eigenvalue weighted by atomic mass is 10.1. The molecule has 80 valence electrons. The smallest absolute Gasteiger partial charge is 0.261 e. The van der Waals surface area contributed by atoms with Gasteiger partial charge in [-0.15, -0.1) is 0 Å². The van der Waals surface area contributed by atoms with Crippen molar-refractivity contribution in [3.05, 3.63) is 23.5 Å². The average molecular weight is 215 g/mol. The van der Waals surface area contributed by atoms with E-state index in [4.69, 9.17) is 0 Å². The lowest BCUT2D eigenvalue weighted by Gasteiger charge is -2.10. The minimum atomic E-state index is -4.36. The van der Waals surface area contributed by atoms with Crippen molar-refractivity contribution < 1.29 is 13.2 Å². The van der Waals surface area contributed by atoms with Gasteiger partial charge in [0.1, 0.15) is 0 Å². The van der Waals surface area contributed by atoms with Gasteiger partial charge in [0.25, 0.3) is 0 Å². The van der Waals surface area contributed by atoms with Gasteiger partial charge in [0.05, 0.1) is 17.5 Å². The monoisotopic (exact) mass is 215 g/mol. The van der Waals surface area contributed by atoms with E-state index >= 15 is 0 Å². The average Bonchev–Trinajstić information content (AvgIpc) is 2.60. The molecule has 2 rings (SSSR count). The zero-order chi connectivity index (χ0) is 11.1. The molecule has 0 saturated carbocycles. The van der Waals surface area contributed by atoms with Gasteiger partial charge in [0, 0.05) is 5.39 Å². The van der Waals surface area contributed by atoms with Crippen LogP contribution in [0.4, 0.5) is 13.2 Å². The summed E-state index contributed by atoms with van der Waals surface area (Å²) < 4.78 is 37.8. The van der Waals surface area contributed by atoms with E-state index in [1.165, 1.54) is 6.20 Å². The van der Waals surface area contributed by atoms with E-state index in [2.05, 4.69) is 15.2 Å². The molecule has 0 saturated heterocycles. The Labute approximate surface area is 83.3 Å². The summed E-state index contributed by atoms with van der Waals surface area (Å²) >= 11 is 0. The van der Waals surface area contributed by atoms with Crippen LogP contribution in [0.5, 0.6) is 0 Å². The highest BCUT2D eigenvalue weighted by Gasteiger charge is 2.34. The zero-order valence-electron chi connectivity index (χ0n) is 7.89. The van der Waals surface area contributed by atoms with Crippen molar-refractivity contribution in [2.45, 2.75) is 19.5 Å². The quantitative estimate of drug-likeness (QED) is 0.794. The molecular weight excluding hydrogens is 207 g/mol. The van der Waals surface area contributed by atoms with Crippen LogP contribution in [0.15, 0.2) is 12.3 Å². The third-order valence-corrected chi connectivity index (χ3v) is 2.15. The SMILES string of the molecule is CCc1nc2[nH]ncc2cc1C(F)(F)F. The number of alkyl halides is 3. The lowest BCUT2D eigenvalue weighted by Crippen LogP contribution is -2.10. The highest BCUT2D eigenvalue weighted by molar-refractivity contribution is 5.75. The predicted molar refractivity (Wildman–Crippen MR) is 48.3 cm³/mol. The van der Waals surface area contributed by atoms with Crippen molar-refractivity contribution in [3.63, 3.8) is 0 Å². The van der Waals surface area contributed by atoms with Crippen LogP contribution in [0.3, 0.4) is 0 Å². The minimum Gasteiger partial charge on any atom is -0.261 e. The molecule has 6 heteroatoms. The van der Waals surface area contributed by atoms with Gasteiger partial charge in [-0.25, -0.2) is 4.98 Å². The van der Waals surface area contributed by atoms with Gasteiger partial charge in [-0.3, -0.25) is 5.10 Å². The summed E-state index contributed by atoms with van der Waals surface area (Å²) in [6, 6.07) is 1.07. The van der Waals surface area contributed by atoms with Crippen molar-refractivity contribution in [1.82, 2.24) is 15.2 Å². The van der Waals surface area contributed by atoms with Crippen LogP contribution in [-0.4, -0.2) is 15.2 Å². The molecule has 2 aromatic rings. The highest BCUT2D eigenvalue weighted by Crippen LogP contribution is 2.33. The van der Waals surface area contributed by atoms with E-state index in [1.54, 1.807) is 6.92 Å². The largest absolute Gasteiger partial charge is 0.418 e. The van der Waals surface area contributed by atoms with Crippen molar-refractivity contribution >= 4 is 11.0 Å². The molecule has 3 nitrogen and oxygen atoms in total. The van der Waals surface area contributed by atoms with Gasteiger partial charge in [0.15, 0.2) is 5.65 Å². The normalized spacial score (nSPS) is 12.3. The summed E-state index contributed by atoms with van der Waals surface area (Å²) in [4.78, 5) is 3.88. The Morgan fingerprint density at radius 3 is 2.73 bits per heavy atom. The molecule has 0 aliphatic carbocycles. The van der Waals surface area contributed by atoms with Gasteiger partial charge >= 0.3 is 6.18 Å². The predicted octanol–water partition coefficient (Wildman–Crippen LogP) is 2.54. The fourth-order valence-electron chi connectivity index (χ4n) is 1.43. The Hall–Kier alpha value is -1.59. The summed E-state index contributed by atoms with van der Waals surface area (Å²) in [6.07, 6.45) is -2.79. The number of nitrogens with zero attached hydrogens (tertiary/aromatic N) is 2. The number of hydrogen-bond acceptors (Lipinski definition) is 2. The number of hydrogen-bond donors (Lipinski definition) is 1. The Morgan fingerprint density at radius 2 is 2.13 bits per heavy atom. The molecule has 2 heterocycles. The molecular formula is C9H8F3N3. The van der Waals surface area contributed by atoms with Crippen molar-refractivity contribution in [1.29, 1.82) is 0 Å². The molecule has 1 N–H and O–H groups in total. The maximum absolute atomic E-state index is 12.6. The molecule has 0 radical (unpaired) electrons. The van der Waals surface area contributed by atoms with Crippen LogP contribution in [0.25, 0.3) is 11.0 Å². The van der Waals surface area contributed by atoms with Crippen LogP contribution >= 0.6 is 0 Å². The van der Waals surface area contributed by atoms with Gasteiger partial charge in [-0.2, -0.15) is 18.3 Å². The fourth-order valence-corrected chi connectivity index (χ4v) is 1.43. The van der Waals surface area contributed by atoms with Crippen LogP contribution in [-0.2, 0) is 12.6 Å². The van der Waals surface area contributed by atoms with E-state index in [0.717, 1.165) is 6.07 Å². The molecule has 0 aliphatic rings. The second-order valence-electron chi connectivity index (χ2n) is 3.14. The Morgan fingerprint density at radius 1 is 1.40 bits per heavy atom. The molecule has 0 unspecified atom stereocenters. The van der Waals surface area contributed by atoms with E-state index < -0.39 is 11.7 Å². The van der Waals surface area contributed by atoms with E-state index in [-0.39, 0.29) is 12.1 Å². The van der Waals surface area contributed by atoms with Crippen LogP contribution < -0.4 is 0 Å². The van der Waals surface area contributed by atoms with Gasteiger partial charge in [-0.1, -0.05) is 6.92 Å². The number of rotatable bonds is 1. The first-order valence-corrected chi connectivity index (χ1v) is 4.42. The summed E-state index contributed by atoms with van der Waals surface area (Å²) in [5.74, 6) is 0. The molecule has 15 heavy (non-hydrogen) atoms. The van der Waals surface area contributed by atoms with E-state index in [9.17, 15) is 13.2 Å². The number of H-pyrrole nitrogens is 1. The van der Waals surface area contributed by atoms with Crippen LogP contribution in [0, 0.1) is 0 Å². The molecule has 0 fully saturated rings. The van der Waals surface area contributed by atoms with E-state index in [1.807, 2.05) is 0 Å². The zero-order valence-corrected chi connectivity index (χ0v) is 7.89. The third kappa shape index (κ3) is 1.67. The fraction of sp³-hybridized carbons (Fsp3) is 0.333. The first-order valence-electron chi connectivity index (χ1n) is 4.42. The van der Waals surface area contributed by atoms with Crippen molar-refractivity contribution in [2.75, 3.05) is 0 Å². The molecule has 0 atom stereocenters. The number of aromatic amines is 1. The van der Waals surface area contributed by atoms with Crippen LogP contribution in [0.1, 0.15) is 18.2 Å². The van der Waals surface area contributed by atoms with Crippen LogP contribution in [0.2, 0.25) is 0 Å². The number of pyridine rings is 1. The molecule has 2 aromatic heterocycles. The maximum atomic E-state index is 12.6.